The zero-order valence-electron chi connectivity index (χ0n) is 18.4. The third-order valence-corrected chi connectivity index (χ3v) is 7.34. The number of fused-ring (bicyclic) bond motifs is 1. The molecule has 6 nitrogen and oxygen atoms in total. The van der Waals surface area contributed by atoms with Crippen LogP contribution in [0, 0.1) is 0 Å². The van der Waals surface area contributed by atoms with E-state index in [1.165, 1.54) is 28.6 Å². The number of carbonyl (C=O) groups is 2. The van der Waals surface area contributed by atoms with Crippen LogP contribution < -0.4 is 5.32 Å². The highest BCUT2D eigenvalue weighted by Crippen LogP contribution is 2.35. The summed E-state index contributed by atoms with van der Waals surface area (Å²) in [5, 5.41) is 4.48. The Balaban J connectivity index is 1.25. The first-order chi connectivity index (χ1) is 15.7. The number of alkyl halides is 3. The van der Waals surface area contributed by atoms with Crippen LogP contribution in [0.25, 0.3) is 0 Å². The van der Waals surface area contributed by atoms with E-state index in [1.54, 1.807) is 11.3 Å². The van der Waals surface area contributed by atoms with Crippen molar-refractivity contribution >= 4 is 28.8 Å². The Kier molecular flexibility index (Phi) is 7.06. The van der Waals surface area contributed by atoms with Gasteiger partial charge in [0.25, 0.3) is 0 Å². The summed E-state index contributed by atoms with van der Waals surface area (Å²) in [5.74, 6) is -0.427. The minimum atomic E-state index is -4.54. The second kappa shape index (κ2) is 9.82. The van der Waals surface area contributed by atoms with Gasteiger partial charge in [0.15, 0.2) is 0 Å². The Labute approximate surface area is 195 Å². The van der Waals surface area contributed by atoms with Crippen LogP contribution in [-0.4, -0.2) is 72.3 Å². The maximum Gasteiger partial charge on any atom is 0.418 e. The van der Waals surface area contributed by atoms with Crippen LogP contribution in [0.3, 0.4) is 0 Å². The molecule has 2 aliphatic heterocycles. The Morgan fingerprint density at radius 2 is 1.79 bits per heavy atom. The summed E-state index contributed by atoms with van der Waals surface area (Å²) in [4.78, 5) is 32.5. The van der Waals surface area contributed by atoms with Gasteiger partial charge in [-0.1, -0.05) is 12.1 Å². The van der Waals surface area contributed by atoms with E-state index < -0.39 is 17.6 Å². The Morgan fingerprint density at radius 1 is 1.06 bits per heavy atom. The van der Waals surface area contributed by atoms with Crippen molar-refractivity contribution in [2.75, 3.05) is 51.1 Å². The van der Waals surface area contributed by atoms with Gasteiger partial charge < -0.3 is 10.2 Å². The fourth-order valence-electron chi connectivity index (χ4n) is 4.44. The molecule has 1 unspecified atom stereocenters. The molecule has 1 aromatic heterocycles. The van der Waals surface area contributed by atoms with Crippen LogP contribution in [-0.2, 0) is 22.2 Å². The van der Waals surface area contributed by atoms with Crippen molar-refractivity contribution in [1.29, 1.82) is 0 Å². The zero-order chi connectivity index (χ0) is 23.6. The van der Waals surface area contributed by atoms with Gasteiger partial charge in [0.05, 0.1) is 24.3 Å². The number of hydrogen-bond donors (Lipinski definition) is 1. The van der Waals surface area contributed by atoms with Gasteiger partial charge in [-0.2, -0.15) is 13.2 Å². The Morgan fingerprint density at radius 3 is 2.52 bits per heavy atom. The molecule has 2 aliphatic rings. The molecule has 33 heavy (non-hydrogen) atoms. The van der Waals surface area contributed by atoms with Crippen LogP contribution >= 0.6 is 11.3 Å². The van der Waals surface area contributed by atoms with Gasteiger partial charge in [-0.25, -0.2) is 0 Å². The number of thiophene rings is 1. The second-order valence-electron chi connectivity index (χ2n) is 8.44. The summed E-state index contributed by atoms with van der Waals surface area (Å²) < 4.78 is 39.4. The molecule has 0 saturated carbocycles. The minimum absolute atomic E-state index is 0.0156. The van der Waals surface area contributed by atoms with Crippen molar-refractivity contribution in [3.8, 4) is 0 Å². The number of benzene rings is 1. The molecule has 0 spiro atoms. The van der Waals surface area contributed by atoms with Gasteiger partial charge >= 0.3 is 6.18 Å². The molecule has 10 heteroatoms. The van der Waals surface area contributed by atoms with E-state index in [9.17, 15) is 22.8 Å². The fraction of sp³-hybridized carbons (Fsp3) is 0.478. The molecule has 0 aliphatic carbocycles. The topological polar surface area (TPSA) is 55.9 Å². The van der Waals surface area contributed by atoms with Crippen LogP contribution in [0.15, 0.2) is 35.7 Å². The molecule has 1 atom stereocenters. The number of para-hydroxylation sites is 1. The molecule has 1 N–H and O–H groups in total. The molecule has 1 aromatic carbocycles. The van der Waals surface area contributed by atoms with Gasteiger partial charge in [-0.05, 0) is 42.5 Å². The van der Waals surface area contributed by atoms with Crippen molar-refractivity contribution in [3.05, 3.63) is 51.7 Å². The van der Waals surface area contributed by atoms with Crippen molar-refractivity contribution in [2.24, 2.45) is 0 Å². The van der Waals surface area contributed by atoms with Gasteiger partial charge in [0, 0.05) is 43.6 Å². The van der Waals surface area contributed by atoms with Gasteiger partial charge in [0.2, 0.25) is 11.8 Å². The highest BCUT2D eigenvalue weighted by molar-refractivity contribution is 7.10. The lowest BCUT2D eigenvalue weighted by Gasteiger charge is -2.37. The van der Waals surface area contributed by atoms with E-state index in [1.807, 2.05) is 9.80 Å². The van der Waals surface area contributed by atoms with Gasteiger partial charge in [0.1, 0.15) is 0 Å². The van der Waals surface area contributed by atoms with Crippen molar-refractivity contribution in [2.45, 2.75) is 25.6 Å². The maximum atomic E-state index is 13.1. The summed E-state index contributed by atoms with van der Waals surface area (Å²) in [5.41, 5.74) is 0.200. The summed E-state index contributed by atoms with van der Waals surface area (Å²) in [7, 11) is 0. The highest BCUT2D eigenvalue weighted by Gasteiger charge is 2.34. The smallest absolute Gasteiger partial charge is 0.339 e. The first kappa shape index (κ1) is 23.7. The predicted molar refractivity (Wildman–Crippen MR) is 121 cm³/mol. The number of hydrogen-bond acceptors (Lipinski definition) is 5. The lowest BCUT2D eigenvalue weighted by molar-refractivity contribution is -0.137. The summed E-state index contributed by atoms with van der Waals surface area (Å²) in [6.07, 6.45) is -3.57. The first-order valence-electron chi connectivity index (χ1n) is 11.0. The molecule has 0 radical (unpaired) electrons. The summed E-state index contributed by atoms with van der Waals surface area (Å²) >= 11 is 1.77. The molecular formula is C23H27F3N4O2S. The number of amides is 2. The van der Waals surface area contributed by atoms with E-state index in [0.717, 1.165) is 19.0 Å². The number of nitrogens with zero attached hydrogens (tertiary/aromatic N) is 3. The molecular weight excluding hydrogens is 453 g/mol. The number of carbonyl (C=O) groups excluding carboxylic acids is 2. The molecule has 1 saturated heterocycles. The zero-order valence-corrected chi connectivity index (χ0v) is 19.2. The average Bonchev–Trinajstić information content (AvgIpc) is 3.25. The molecule has 0 bridgehead atoms. The normalized spacial score (nSPS) is 19.9. The molecule has 178 valence electrons. The Hall–Kier alpha value is -2.43. The van der Waals surface area contributed by atoms with Gasteiger partial charge in [-0.3, -0.25) is 19.4 Å². The van der Waals surface area contributed by atoms with Crippen LogP contribution in [0.1, 0.15) is 29.0 Å². The standard InChI is InChI=1S/C23H27F3N4O2S/c1-16-17-7-13-33-20(17)6-8-30(16)15-22(32)29-11-9-28(10-12-29)14-21(31)27-19-5-3-2-4-18(19)23(24,25)26/h2-5,7,13,16H,6,8-12,14-15H2,1H3,(H,27,31). The molecule has 1 fully saturated rings. The van der Waals surface area contributed by atoms with Crippen LogP contribution in [0.5, 0.6) is 0 Å². The van der Waals surface area contributed by atoms with E-state index in [-0.39, 0.29) is 24.2 Å². The van der Waals surface area contributed by atoms with E-state index in [4.69, 9.17) is 0 Å². The summed E-state index contributed by atoms with van der Waals surface area (Å²) in [6, 6.07) is 7.29. The molecule has 3 heterocycles. The quantitative estimate of drug-likeness (QED) is 0.712. The second-order valence-corrected chi connectivity index (χ2v) is 9.44. The first-order valence-corrected chi connectivity index (χ1v) is 11.9. The van der Waals surface area contributed by atoms with E-state index >= 15 is 0 Å². The molecule has 2 aromatic rings. The Bertz CT molecular complexity index is 1000. The molecule has 2 amide bonds. The van der Waals surface area contributed by atoms with Crippen LogP contribution in [0.2, 0.25) is 0 Å². The van der Waals surface area contributed by atoms with Crippen LogP contribution in [0.4, 0.5) is 18.9 Å². The monoisotopic (exact) mass is 480 g/mol. The SMILES string of the molecule is CC1c2ccsc2CCN1CC(=O)N1CCN(CC(=O)Nc2ccccc2C(F)(F)F)CC1. The third kappa shape index (κ3) is 5.56. The minimum Gasteiger partial charge on any atom is -0.339 e. The van der Waals surface area contributed by atoms with Crippen molar-refractivity contribution in [1.82, 2.24) is 14.7 Å². The van der Waals surface area contributed by atoms with E-state index in [0.29, 0.717) is 32.7 Å². The van der Waals surface area contributed by atoms with Crippen molar-refractivity contribution in [3.63, 3.8) is 0 Å². The number of halogens is 3. The largest absolute Gasteiger partial charge is 0.418 e. The van der Waals surface area contributed by atoms with Gasteiger partial charge in [-0.15, -0.1) is 11.3 Å². The third-order valence-electron chi connectivity index (χ3n) is 6.34. The summed E-state index contributed by atoms with van der Waals surface area (Å²) in [6.45, 7) is 5.35. The molecule has 4 rings (SSSR count). The number of anilines is 1. The highest BCUT2D eigenvalue weighted by atomic mass is 32.1. The number of nitrogens with one attached hydrogen (secondary N) is 1. The lowest BCUT2D eigenvalue weighted by atomic mass is 10.0. The fourth-order valence-corrected chi connectivity index (χ4v) is 5.40. The lowest BCUT2D eigenvalue weighted by Crippen LogP contribution is -2.53. The average molecular weight is 481 g/mol. The number of piperazine rings is 1. The predicted octanol–water partition coefficient (Wildman–Crippen LogP) is 3.47. The van der Waals surface area contributed by atoms with E-state index in [2.05, 4.69) is 28.6 Å². The number of rotatable bonds is 5. The maximum absolute atomic E-state index is 13.1. The van der Waals surface area contributed by atoms with Crippen molar-refractivity contribution < 1.29 is 22.8 Å².